The van der Waals surface area contributed by atoms with Crippen LogP contribution in [0.1, 0.15) is 35.3 Å². The van der Waals surface area contributed by atoms with Gasteiger partial charge in [0.2, 0.25) is 5.91 Å². The molecule has 5 heteroatoms. The van der Waals surface area contributed by atoms with E-state index in [0.29, 0.717) is 6.54 Å². The first-order chi connectivity index (χ1) is 12.6. The van der Waals surface area contributed by atoms with Crippen LogP contribution in [-0.4, -0.2) is 22.8 Å². The van der Waals surface area contributed by atoms with Gasteiger partial charge in [-0.3, -0.25) is 4.79 Å². The number of hydrogen-bond acceptors (Lipinski definition) is 4. The van der Waals surface area contributed by atoms with E-state index in [1.165, 1.54) is 4.70 Å². The fourth-order valence-electron chi connectivity index (χ4n) is 3.57. The lowest BCUT2D eigenvalue weighted by Gasteiger charge is -2.29. The predicted molar refractivity (Wildman–Crippen MR) is 104 cm³/mol. The Morgan fingerprint density at radius 3 is 2.81 bits per heavy atom. The fraction of sp³-hybridized carbons (Fsp3) is 0.333. The van der Waals surface area contributed by atoms with Crippen LogP contribution in [0.3, 0.4) is 0 Å². The number of rotatable bonds is 4. The molecule has 1 amide bonds. The topological polar surface area (TPSA) is 46.3 Å². The molecule has 4 nitrogen and oxygen atoms in total. The van der Waals surface area contributed by atoms with E-state index in [-0.39, 0.29) is 17.7 Å². The molecule has 0 saturated heterocycles. The zero-order valence-electron chi connectivity index (χ0n) is 15.0. The summed E-state index contributed by atoms with van der Waals surface area (Å²) >= 11 is 1.71. The van der Waals surface area contributed by atoms with Gasteiger partial charge in [0, 0.05) is 13.0 Å². The monoisotopic (exact) mass is 366 g/mol. The minimum atomic E-state index is -0.0679. The van der Waals surface area contributed by atoms with Crippen molar-refractivity contribution in [2.45, 2.75) is 32.2 Å². The Morgan fingerprint density at radius 2 is 2.04 bits per heavy atom. The smallest absolute Gasteiger partial charge is 0.226 e. The van der Waals surface area contributed by atoms with Gasteiger partial charge in [0.25, 0.3) is 0 Å². The zero-order valence-corrected chi connectivity index (χ0v) is 15.8. The van der Waals surface area contributed by atoms with Crippen molar-refractivity contribution in [2.75, 3.05) is 7.05 Å². The maximum Gasteiger partial charge on any atom is 0.226 e. The Kier molecular flexibility index (Phi) is 4.64. The molecule has 3 aromatic rings. The van der Waals surface area contributed by atoms with Gasteiger partial charge in [0.1, 0.15) is 11.5 Å². The molecule has 2 heterocycles. The molecule has 1 aromatic carbocycles. The third-order valence-corrected chi connectivity index (χ3v) is 6.11. The summed E-state index contributed by atoms with van der Waals surface area (Å²) in [5.41, 5.74) is 1.02. The molecule has 2 atom stereocenters. The largest absolute Gasteiger partial charge is 0.464 e. The van der Waals surface area contributed by atoms with E-state index in [0.717, 1.165) is 34.9 Å². The maximum absolute atomic E-state index is 13.1. The second kappa shape index (κ2) is 7.08. The van der Waals surface area contributed by atoms with Gasteiger partial charge >= 0.3 is 0 Å². The average molecular weight is 366 g/mol. The van der Waals surface area contributed by atoms with Crippen molar-refractivity contribution < 1.29 is 9.21 Å². The number of amides is 1. The van der Waals surface area contributed by atoms with E-state index in [1.54, 1.807) is 16.2 Å². The van der Waals surface area contributed by atoms with E-state index in [2.05, 4.69) is 18.2 Å². The number of furan rings is 1. The molecular weight excluding hydrogens is 344 g/mol. The second-order valence-corrected chi connectivity index (χ2v) is 7.94. The van der Waals surface area contributed by atoms with Gasteiger partial charge < -0.3 is 9.32 Å². The van der Waals surface area contributed by atoms with E-state index < -0.39 is 0 Å². The van der Waals surface area contributed by atoms with Crippen LogP contribution < -0.4 is 0 Å². The van der Waals surface area contributed by atoms with Crippen LogP contribution >= 0.6 is 11.3 Å². The van der Waals surface area contributed by atoms with Crippen LogP contribution in [0.15, 0.2) is 53.0 Å². The van der Waals surface area contributed by atoms with Gasteiger partial charge in [-0.2, -0.15) is 0 Å². The Hall–Kier alpha value is -2.40. The Labute approximate surface area is 157 Å². The lowest BCUT2D eigenvalue weighted by atomic mass is 9.82. The summed E-state index contributed by atoms with van der Waals surface area (Å²) in [5, 5.41) is 1.07. The summed E-state index contributed by atoms with van der Waals surface area (Å²) in [4.78, 5) is 19.7. The molecule has 0 spiro atoms. The number of carbonyl (C=O) groups excluding carboxylic acids is 1. The third-order valence-electron chi connectivity index (χ3n) is 4.94. The fourth-order valence-corrected chi connectivity index (χ4v) is 4.72. The van der Waals surface area contributed by atoms with Crippen LogP contribution in [0.4, 0.5) is 0 Å². The molecule has 26 heavy (non-hydrogen) atoms. The number of aryl methyl sites for hydroxylation is 1. The number of benzene rings is 1. The van der Waals surface area contributed by atoms with Crippen LogP contribution in [0.5, 0.6) is 0 Å². The van der Waals surface area contributed by atoms with Gasteiger partial charge in [-0.15, -0.1) is 11.3 Å². The Balaban J connectivity index is 1.56. The Morgan fingerprint density at radius 1 is 1.23 bits per heavy atom. The molecule has 134 valence electrons. The molecule has 0 saturated carbocycles. The van der Waals surface area contributed by atoms with Crippen molar-refractivity contribution in [1.29, 1.82) is 0 Å². The number of para-hydroxylation sites is 1. The molecule has 0 unspecified atom stereocenters. The standard InChI is InChI=1S/C21H22N2O2S/c1-14-11-12-15(25-14)13-23(2)21(24)17-8-4-3-7-16(17)20-22-18-9-5-6-10-19(18)26-20/h3-6,9-12,16-17H,7-8,13H2,1-2H3/t16-,17-/m0/s1. The first-order valence-corrected chi connectivity index (χ1v) is 9.74. The summed E-state index contributed by atoms with van der Waals surface area (Å²) in [6, 6.07) is 12.0. The highest BCUT2D eigenvalue weighted by Gasteiger charge is 2.34. The van der Waals surface area contributed by atoms with Crippen molar-refractivity contribution in [2.24, 2.45) is 5.92 Å². The maximum atomic E-state index is 13.1. The second-order valence-electron chi connectivity index (χ2n) is 6.88. The number of fused-ring (bicyclic) bond motifs is 1. The first kappa shape index (κ1) is 17.0. The number of aromatic nitrogens is 1. The molecule has 0 N–H and O–H groups in total. The van der Waals surface area contributed by atoms with E-state index in [4.69, 9.17) is 9.40 Å². The molecule has 0 bridgehead atoms. The SMILES string of the molecule is Cc1ccc(CN(C)C(=O)[C@H]2CC=CC[C@@H]2c2nc3ccccc3s2)o1. The zero-order chi connectivity index (χ0) is 18.1. The van der Waals surface area contributed by atoms with Crippen LogP contribution in [0.25, 0.3) is 10.2 Å². The predicted octanol–water partition coefficient (Wildman–Crippen LogP) is 4.91. The van der Waals surface area contributed by atoms with Crippen molar-refractivity contribution in [3.63, 3.8) is 0 Å². The summed E-state index contributed by atoms with van der Waals surface area (Å²) < 4.78 is 6.81. The van der Waals surface area contributed by atoms with E-state index in [9.17, 15) is 4.79 Å². The van der Waals surface area contributed by atoms with Crippen LogP contribution in [0.2, 0.25) is 0 Å². The number of nitrogens with zero attached hydrogens (tertiary/aromatic N) is 2. The normalized spacial score (nSPS) is 19.8. The molecule has 0 aliphatic heterocycles. The highest BCUT2D eigenvalue weighted by atomic mass is 32.1. The van der Waals surface area contributed by atoms with Crippen LogP contribution in [-0.2, 0) is 11.3 Å². The molecule has 0 radical (unpaired) electrons. The van der Waals surface area contributed by atoms with Gasteiger partial charge in [0.15, 0.2) is 0 Å². The quantitative estimate of drug-likeness (QED) is 0.617. The molecule has 0 fully saturated rings. The van der Waals surface area contributed by atoms with E-state index >= 15 is 0 Å². The van der Waals surface area contributed by atoms with Gasteiger partial charge in [-0.05, 0) is 44.0 Å². The average Bonchev–Trinajstić information content (AvgIpc) is 3.26. The van der Waals surface area contributed by atoms with Gasteiger partial charge in [0.05, 0.1) is 27.7 Å². The lowest BCUT2D eigenvalue weighted by Crippen LogP contribution is -2.36. The number of hydrogen-bond donors (Lipinski definition) is 0. The van der Waals surface area contributed by atoms with Gasteiger partial charge in [-0.25, -0.2) is 4.98 Å². The molecule has 4 rings (SSSR count). The summed E-state index contributed by atoms with van der Waals surface area (Å²) in [7, 11) is 1.86. The highest BCUT2D eigenvalue weighted by molar-refractivity contribution is 7.18. The Bertz CT molecular complexity index is 923. The lowest BCUT2D eigenvalue weighted by molar-refractivity contribution is -0.135. The summed E-state index contributed by atoms with van der Waals surface area (Å²) in [5.74, 6) is 1.93. The molecule has 1 aliphatic rings. The minimum Gasteiger partial charge on any atom is -0.464 e. The molecule has 1 aliphatic carbocycles. The minimum absolute atomic E-state index is 0.0679. The van der Waals surface area contributed by atoms with Crippen molar-refractivity contribution in [1.82, 2.24) is 9.88 Å². The molecular formula is C21H22N2O2S. The van der Waals surface area contributed by atoms with Crippen molar-refractivity contribution in [3.05, 3.63) is 65.1 Å². The summed E-state index contributed by atoms with van der Waals surface area (Å²) in [6.07, 6.45) is 5.93. The third kappa shape index (κ3) is 3.31. The van der Waals surface area contributed by atoms with Crippen molar-refractivity contribution in [3.8, 4) is 0 Å². The number of allylic oxidation sites excluding steroid dienone is 2. The summed E-state index contributed by atoms with van der Waals surface area (Å²) in [6.45, 7) is 2.42. The van der Waals surface area contributed by atoms with Gasteiger partial charge in [-0.1, -0.05) is 24.3 Å². The highest BCUT2D eigenvalue weighted by Crippen LogP contribution is 2.39. The van der Waals surface area contributed by atoms with Crippen LogP contribution in [0, 0.1) is 12.8 Å². The molecule has 2 aromatic heterocycles. The van der Waals surface area contributed by atoms with E-state index in [1.807, 2.05) is 44.3 Å². The number of thiazole rings is 1. The van der Waals surface area contributed by atoms with Crippen molar-refractivity contribution >= 4 is 27.5 Å². The number of carbonyl (C=O) groups is 1. The first-order valence-electron chi connectivity index (χ1n) is 8.92.